The van der Waals surface area contributed by atoms with E-state index in [-0.39, 0.29) is 23.4 Å². The Hall–Kier alpha value is -4.01. The average Bonchev–Trinajstić information content (AvgIpc) is 2.73. The van der Waals surface area contributed by atoms with Crippen LogP contribution in [0.3, 0.4) is 0 Å². The summed E-state index contributed by atoms with van der Waals surface area (Å²) in [4.78, 5) is 39.3. The van der Waals surface area contributed by atoms with E-state index in [2.05, 4.69) is 10.3 Å². The number of non-ortho nitro benzene ring substituents is 1. The van der Waals surface area contributed by atoms with Gasteiger partial charge in [0.15, 0.2) is 0 Å². The summed E-state index contributed by atoms with van der Waals surface area (Å²) in [6, 6.07) is 10.7. The zero-order valence-corrected chi connectivity index (χ0v) is 15.7. The number of carbonyl (C=O) groups excluding carboxylic acids is 2. The summed E-state index contributed by atoms with van der Waals surface area (Å²) in [6.07, 6.45) is 1.30. The fourth-order valence-corrected chi connectivity index (χ4v) is 2.84. The number of anilines is 2. The molecule has 0 aliphatic rings. The van der Waals surface area contributed by atoms with Crippen molar-refractivity contribution in [2.24, 2.45) is 0 Å². The van der Waals surface area contributed by atoms with Crippen LogP contribution in [0.2, 0.25) is 0 Å². The first-order valence-corrected chi connectivity index (χ1v) is 8.65. The number of aromatic nitrogens is 1. The van der Waals surface area contributed by atoms with Crippen LogP contribution in [0.5, 0.6) is 0 Å². The van der Waals surface area contributed by atoms with Crippen LogP contribution in [0.25, 0.3) is 10.9 Å². The van der Waals surface area contributed by atoms with Gasteiger partial charge in [-0.05, 0) is 19.1 Å². The number of fused-ring (bicyclic) bond motifs is 1. The first-order valence-electron chi connectivity index (χ1n) is 8.65. The van der Waals surface area contributed by atoms with Crippen LogP contribution in [0, 0.1) is 10.1 Å². The molecule has 3 rings (SSSR count). The molecule has 0 bridgehead atoms. The van der Waals surface area contributed by atoms with Gasteiger partial charge in [-0.3, -0.25) is 15.1 Å². The van der Waals surface area contributed by atoms with E-state index in [0.717, 1.165) is 0 Å². The van der Waals surface area contributed by atoms with Gasteiger partial charge in [0.1, 0.15) is 5.56 Å². The number of para-hydroxylation sites is 1. The van der Waals surface area contributed by atoms with Gasteiger partial charge in [0.25, 0.3) is 5.69 Å². The fraction of sp³-hybridized carbons (Fsp3) is 0.150. The van der Waals surface area contributed by atoms with E-state index in [4.69, 9.17) is 9.47 Å². The van der Waals surface area contributed by atoms with E-state index in [9.17, 15) is 19.7 Å². The Balaban J connectivity index is 2.21. The fourth-order valence-electron chi connectivity index (χ4n) is 2.84. The third-order valence-electron chi connectivity index (χ3n) is 4.12. The van der Waals surface area contributed by atoms with E-state index < -0.39 is 16.9 Å². The summed E-state index contributed by atoms with van der Waals surface area (Å²) in [7, 11) is 1.26. The average molecular weight is 395 g/mol. The van der Waals surface area contributed by atoms with Crippen molar-refractivity contribution in [3.8, 4) is 0 Å². The molecular weight excluding hydrogens is 378 g/mol. The number of hydrogen-bond donors (Lipinski definition) is 1. The van der Waals surface area contributed by atoms with Gasteiger partial charge in [0, 0.05) is 29.4 Å². The van der Waals surface area contributed by atoms with Crippen molar-refractivity contribution in [1.82, 2.24) is 4.98 Å². The van der Waals surface area contributed by atoms with Crippen LogP contribution in [-0.4, -0.2) is 35.6 Å². The highest BCUT2D eigenvalue weighted by Crippen LogP contribution is 2.32. The molecule has 0 fully saturated rings. The number of nitro groups is 1. The lowest BCUT2D eigenvalue weighted by Crippen LogP contribution is -2.11. The number of rotatable bonds is 6. The summed E-state index contributed by atoms with van der Waals surface area (Å²) in [5, 5.41) is 14.6. The van der Waals surface area contributed by atoms with Crippen LogP contribution in [0.15, 0.2) is 48.7 Å². The molecule has 0 aliphatic carbocycles. The van der Waals surface area contributed by atoms with Crippen molar-refractivity contribution in [3.63, 3.8) is 0 Å². The number of esters is 2. The largest absolute Gasteiger partial charge is 0.465 e. The molecule has 2 aromatic carbocycles. The van der Waals surface area contributed by atoms with Crippen molar-refractivity contribution in [2.45, 2.75) is 6.92 Å². The Morgan fingerprint density at radius 2 is 1.90 bits per heavy atom. The third kappa shape index (κ3) is 3.98. The summed E-state index contributed by atoms with van der Waals surface area (Å²) < 4.78 is 9.89. The Morgan fingerprint density at radius 3 is 2.59 bits per heavy atom. The Labute approximate surface area is 165 Å². The van der Waals surface area contributed by atoms with Crippen molar-refractivity contribution in [1.29, 1.82) is 0 Å². The third-order valence-corrected chi connectivity index (χ3v) is 4.12. The van der Waals surface area contributed by atoms with Crippen LogP contribution in [0.4, 0.5) is 17.1 Å². The second-order valence-corrected chi connectivity index (χ2v) is 5.89. The lowest BCUT2D eigenvalue weighted by molar-refractivity contribution is -0.384. The Kier molecular flexibility index (Phi) is 5.68. The maximum absolute atomic E-state index is 12.4. The van der Waals surface area contributed by atoms with Crippen molar-refractivity contribution in [2.75, 3.05) is 19.0 Å². The summed E-state index contributed by atoms with van der Waals surface area (Å²) >= 11 is 0. The van der Waals surface area contributed by atoms with Gasteiger partial charge < -0.3 is 14.8 Å². The van der Waals surface area contributed by atoms with Gasteiger partial charge in [-0.25, -0.2) is 9.59 Å². The van der Waals surface area contributed by atoms with E-state index in [1.165, 1.54) is 31.5 Å². The molecule has 1 aromatic heterocycles. The summed E-state index contributed by atoms with van der Waals surface area (Å²) in [6.45, 7) is 1.84. The van der Waals surface area contributed by atoms with E-state index in [1.807, 2.05) is 0 Å². The van der Waals surface area contributed by atoms with Crippen molar-refractivity contribution in [3.05, 3.63) is 69.9 Å². The van der Waals surface area contributed by atoms with Gasteiger partial charge in [-0.1, -0.05) is 18.2 Å². The predicted molar refractivity (Wildman–Crippen MR) is 105 cm³/mol. The zero-order valence-electron chi connectivity index (χ0n) is 15.7. The number of carbonyl (C=O) groups is 2. The van der Waals surface area contributed by atoms with Crippen LogP contribution < -0.4 is 5.32 Å². The van der Waals surface area contributed by atoms with E-state index in [0.29, 0.717) is 22.3 Å². The van der Waals surface area contributed by atoms with Crippen LogP contribution in [-0.2, 0) is 9.47 Å². The van der Waals surface area contributed by atoms with Crippen LogP contribution >= 0.6 is 0 Å². The molecule has 1 N–H and O–H groups in total. The van der Waals surface area contributed by atoms with Crippen molar-refractivity contribution >= 4 is 39.9 Å². The van der Waals surface area contributed by atoms with Gasteiger partial charge in [-0.15, -0.1) is 0 Å². The van der Waals surface area contributed by atoms with Gasteiger partial charge in [-0.2, -0.15) is 0 Å². The standard InChI is InChI=1S/C20H17N3O6/c1-3-29-20(25)16-11-21-17-14(8-5-9-15(17)19(24)28-2)18(16)22-12-6-4-7-13(10-12)23(26)27/h4-11H,3H2,1-2H3,(H,21,22). The SMILES string of the molecule is CCOC(=O)c1cnc2c(C(=O)OC)cccc2c1Nc1cccc([N+](=O)[O-])c1. The van der Waals surface area contributed by atoms with Crippen LogP contribution in [0.1, 0.15) is 27.6 Å². The number of nitrogens with zero attached hydrogens (tertiary/aromatic N) is 2. The highest BCUT2D eigenvalue weighted by atomic mass is 16.6. The minimum atomic E-state index is -0.613. The highest BCUT2D eigenvalue weighted by molar-refractivity contribution is 6.11. The minimum Gasteiger partial charge on any atom is -0.465 e. The quantitative estimate of drug-likeness (QED) is 0.379. The predicted octanol–water partition coefficient (Wildman–Crippen LogP) is 3.85. The van der Waals surface area contributed by atoms with Gasteiger partial charge in [0.2, 0.25) is 0 Å². The Bertz CT molecular complexity index is 1110. The normalized spacial score (nSPS) is 10.4. The van der Waals surface area contributed by atoms with E-state index >= 15 is 0 Å². The molecular formula is C20H17N3O6. The molecule has 0 unspecified atom stereocenters. The number of nitrogens with one attached hydrogen (secondary N) is 1. The first-order chi connectivity index (χ1) is 14.0. The summed E-state index contributed by atoms with van der Waals surface area (Å²) in [5.41, 5.74) is 1.28. The van der Waals surface area contributed by atoms with Crippen molar-refractivity contribution < 1.29 is 24.0 Å². The number of ether oxygens (including phenoxy) is 2. The molecule has 0 saturated carbocycles. The number of benzene rings is 2. The molecule has 0 amide bonds. The molecule has 0 spiro atoms. The second-order valence-electron chi connectivity index (χ2n) is 5.89. The smallest absolute Gasteiger partial charge is 0.341 e. The monoisotopic (exact) mass is 395 g/mol. The lowest BCUT2D eigenvalue weighted by atomic mass is 10.0. The maximum Gasteiger partial charge on any atom is 0.341 e. The Morgan fingerprint density at radius 1 is 1.14 bits per heavy atom. The topological polar surface area (TPSA) is 121 Å². The molecule has 3 aromatic rings. The molecule has 148 valence electrons. The number of methoxy groups -OCH3 is 1. The minimum absolute atomic E-state index is 0.110. The van der Waals surface area contributed by atoms with Gasteiger partial charge in [0.05, 0.1) is 35.4 Å². The molecule has 0 radical (unpaired) electrons. The van der Waals surface area contributed by atoms with Gasteiger partial charge >= 0.3 is 11.9 Å². The number of hydrogen-bond acceptors (Lipinski definition) is 8. The molecule has 0 atom stereocenters. The molecule has 29 heavy (non-hydrogen) atoms. The summed E-state index contributed by atoms with van der Waals surface area (Å²) in [5.74, 6) is -1.19. The second kappa shape index (κ2) is 8.34. The molecule has 9 nitrogen and oxygen atoms in total. The lowest BCUT2D eigenvalue weighted by Gasteiger charge is -2.15. The molecule has 0 saturated heterocycles. The van der Waals surface area contributed by atoms with E-state index in [1.54, 1.807) is 31.2 Å². The first kappa shape index (κ1) is 19.7. The number of nitro benzene ring substituents is 1. The molecule has 9 heteroatoms. The molecule has 0 aliphatic heterocycles. The molecule has 1 heterocycles. The maximum atomic E-state index is 12.4. The zero-order chi connectivity index (χ0) is 21.0. The number of pyridine rings is 1. The highest BCUT2D eigenvalue weighted by Gasteiger charge is 2.21.